The number of nitrogens with zero attached hydrogens (tertiary/aromatic N) is 3. The fourth-order valence-corrected chi connectivity index (χ4v) is 3.12. The number of nitrogens with one attached hydrogen (secondary N) is 1. The van der Waals surface area contributed by atoms with Gasteiger partial charge in [-0.3, -0.25) is 15.5 Å². The first-order chi connectivity index (χ1) is 13.8. The van der Waals surface area contributed by atoms with Crippen LogP contribution < -0.4 is 10.3 Å². The second-order valence-electron chi connectivity index (χ2n) is 6.62. The molecular weight excluding hydrogens is 392 g/mol. The summed E-state index contributed by atoms with van der Waals surface area (Å²) >= 11 is 0. The van der Waals surface area contributed by atoms with Crippen LogP contribution in [0.15, 0.2) is 41.5 Å². The Labute approximate surface area is 164 Å². The number of anilines is 2. The molecule has 29 heavy (non-hydrogen) atoms. The maximum absolute atomic E-state index is 14.4. The van der Waals surface area contributed by atoms with Gasteiger partial charge in [-0.1, -0.05) is 6.07 Å². The standard InChI is InChI=1S/C19H18F4N4O2/c20-15-10-13(4-7-17(15)26-8-2-1-3-9-26)12-24-25-16-6-5-14(19(21,22)23)11-18(16)27(28)29/h4-7,10-12,25H,1-3,8-9H2/b24-12-. The van der Waals surface area contributed by atoms with E-state index < -0.39 is 28.2 Å². The number of halogens is 4. The van der Waals surface area contributed by atoms with Crippen molar-refractivity contribution in [2.75, 3.05) is 23.4 Å². The molecule has 0 radical (unpaired) electrons. The summed E-state index contributed by atoms with van der Waals surface area (Å²) < 4.78 is 52.6. The van der Waals surface area contributed by atoms with E-state index >= 15 is 0 Å². The van der Waals surface area contributed by atoms with Crippen LogP contribution >= 0.6 is 0 Å². The van der Waals surface area contributed by atoms with Gasteiger partial charge in [0.25, 0.3) is 5.69 Å². The lowest BCUT2D eigenvalue weighted by Crippen LogP contribution is -2.30. The molecule has 1 aliphatic heterocycles. The minimum absolute atomic E-state index is 0.204. The van der Waals surface area contributed by atoms with E-state index in [2.05, 4.69) is 10.5 Å². The number of hydrogen-bond acceptors (Lipinski definition) is 5. The van der Waals surface area contributed by atoms with E-state index in [0.717, 1.165) is 44.5 Å². The Kier molecular flexibility index (Phi) is 6.00. The number of piperidine rings is 1. The zero-order valence-corrected chi connectivity index (χ0v) is 15.2. The van der Waals surface area contributed by atoms with Gasteiger partial charge in [0, 0.05) is 19.2 Å². The highest BCUT2D eigenvalue weighted by molar-refractivity contribution is 5.81. The quantitative estimate of drug-likeness (QED) is 0.319. The summed E-state index contributed by atoms with van der Waals surface area (Å²) in [4.78, 5) is 12.1. The van der Waals surface area contributed by atoms with Gasteiger partial charge in [0.1, 0.15) is 11.5 Å². The number of rotatable bonds is 5. The molecule has 1 fully saturated rings. The van der Waals surface area contributed by atoms with Gasteiger partial charge in [-0.05, 0) is 49.1 Å². The molecule has 2 aromatic carbocycles. The van der Waals surface area contributed by atoms with Gasteiger partial charge in [-0.2, -0.15) is 18.3 Å². The second-order valence-corrected chi connectivity index (χ2v) is 6.62. The van der Waals surface area contributed by atoms with Crippen molar-refractivity contribution < 1.29 is 22.5 Å². The maximum Gasteiger partial charge on any atom is 0.416 e. The van der Waals surface area contributed by atoms with E-state index in [1.165, 1.54) is 12.3 Å². The highest BCUT2D eigenvalue weighted by Gasteiger charge is 2.33. The summed E-state index contributed by atoms with van der Waals surface area (Å²) in [7, 11) is 0. The molecular formula is C19H18F4N4O2. The minimum atomic E-state index is -4.69. The topological polar surface area (TPSA) is 70.8 Å². The molecule has 6 nitrogen and oxygen atoms in total. The SMILES string of the molecule is O=[N+]([O-])c1cc(C(F)(F)F)ccc1N/N=C\c1ccc(N2CCCCC2)c(F)c1. The van der Waals surface area contributed by atoms with Crippen LogP contribution in [0.1, 0.15) is 30.4 Å². The summed E-state index contributed by atoms with van der Waals surface area (Å²) in [5.74, 6) is -0.406. The number of alkyl halides is 3. The molecule has 2 aromatic rings. The van der Waals surface area contributed by atoms with Gasteiger partial charge in [0.15, 0.2) is 0 Å². The molecule has 0 unspecified atom stereocenters. The summed E-state index contributed by atoms with van der Waals surface area (Å²) in [5.41, 5.74) is 1.17. The summed E-state index contributed by atoms with van der Waals surface area (Å²) in [6, 6.07) is 6.67. The van der Waals surface area contributed by atoms with Crippen molar-refractivity contribution in [1.29, 1.82) is 0 Å². The van der Waals surface area contributed by atoms with Crippen LogP contribution in [0.3, 0.4) is 0 Å². The molecule has 0 aromatic heterocycles. The fraction of sp³-hybridized carbons (Fsp3) is 0.316. The first-order valence-corrected chi connectivity index (χ1v) is 8.95. The van der Waals surface area contributed by atoms with Crippen LogP contribution in [0.25, 0.3) is 0 Å². The molecule has 1 heterocycles. The van der Waals surface area contributed by atoms with Crippen molar-refractivity contribution in [1.82, 2.24) is 0 Å². The molecule has 0 saturated carbocycles. The molecule has 10 heteroatoms. The Morgan fingerprint density at radius 3 is 2.45 bits per heavy atom. The highest BCUT2D eigenvalue weighted by atomic mass is 19.4. The number of hydrazone groups is 1. The average Bonchev–Trinajstić information content (AvgIpc) is 2.68. The van der Waals surface area contributed by atoms with E-state index in [9.17, 15) is 27.7 Å². The molecule has 1 saturated heterocycles. The van der Waals surface area contributed by atoms with Crippen molar-refractivity contribution in [2.45, 2.75) is 25.4 Å². The minimum Gasteiger partial charge on any atom is -0.369 e. The fourth-order valence-electron chi connectivity index (χ4n) is 3.12. The molecule has 1 N–H and O–H groups in total. The summed E-state index contributed by atoms with van der Waals surface area (Å²) in [5, 5.41) is 14.8. The van der Waals surface area contributed by atoms with E-state index in [1.807, 2.05) is 4.90 Å². The monoisotopic (exact) mass is 410 g/mol. The molecule has 0 amide bonds. The van der Waals surface area contributed by atoms with Gasteiger partial charge in [0.2, 0.25) is 0 Å². The van der Waals surface area contributed by atoms with Crippen molar-refractivity contribution in [3.8, 4) is 0 Å². The lowest BCUT2D eigenvalue weighted by molar-refractivity contribution is -0.384. The normalized spacial score (nSPS) is 15.0. The van der Waals surface area contributed by atoms with Crippen LogP contribution in [0, 0.1) is 15.9 Å². The predicted molar refractivity (Wildman–Crippen MR) is 102 cm³/mol. The van der Waals surface area contributed by atoms with E-state index in [4.69, 9.17) is 0 Å². The van der Waals surface area contributed by atoms with E-state index in [0.29, 0.717) is 17.3 Å². The molecule has 0 aliphatic carbocycles. The van der Waals surface area contributed by atoms with Crippen molar-refractivity contribution in [3.63, 3.8) is 0 Å². The predicted octanol–water partition coefficient (Wildman–Crippen LogP) is 5.19. The van der Waals surface area contributed by atoms with E-state index in [-0.39, 0.29) is 5.69 Å². The third-order valence-electron chi connectivity index (χ3n) is 4.59. The van der Waals surface area contributed by atoms with Gasteiger partial charge in [-0.15, -0.1) is 0 Å². The Balaban J connectivity index is 1.74. The van der Waals surface area contributed by atoms with Crippen LogP contribution in [0.2, 0.25) is 0 Å². The molecule has 154 valence electrons. The van der Waals surface area contributed by atoms with Gasteiger partial charge < -0.3 is 4.90 Å². The van der Waals surface area contributed by atoms with E-state index in [1.54, 1.807) is 12.1 Å². The van der Waals surface area contributed by atoms with Crippen molar-refractivity contribution >= 4 is 23.3 Å². The second kappa shape index (κ2) is 8.46. The van der Waals surface area contributed by atoms with Crippen molar-refractivity contribution in [3.05, 3.63) is 63.5 Å². The molecule has 0 atom stereocenters. The smallest absolute Gasteiger partial charge is 0.369 e. The first-order valence-electron chi connectivity index (χ1n) is 8.95. The van der Waals surface area contributed by atoms with Crippen LogP contribution in [-0.2, 0) is 6.18 Å². The van der Waals surface area contributed by atoms with Gasteiger partial charge >= 0.3 is 6.18 Å². The molecule has 0 bridgehead atoms. The summed E-state index contributed by atoms with van der Waals surface area (Å²) in [6.07, 6.45) is -0.299. The summed E-state index contributed by atoms with van der Waals surface area (Å²) in [6.45, 7) is 1.59. The van der Waals surface area contributed by atoms with Gasteiger partial charge in [-0.25, -0.2) is 4.39 Å². The van der Waals surface area contributed by atoms with Gasteiger partial charge in [0.05, 0.1) is 22.4 Å². The number of hydrogen-bond donors (Lipinski definition) is 1. The third-order valence-corrected chi connectivity index (χ3v) is 4.59. The highest BCUT2D eigenvalue weighted by Crippen LogP contribution is 2.35. The molecule has 0 spiro atoms. The van der Waals surface area contributed by atoms with Crippen LogP contribution in [0.5, 0.6) is 0 Å². The lowest BCUT2D eigenvalue weighted by atomic mass is 10.1. The lowest BCUT2D eigenvalue weighted by Gasteiger charge is -2.29. The Morgan fingerprint density at radius 2 is 1.83 bits per heavy atom. The number of nitro groups is 1. The van der Waals surface area contributed by atoms with Crippen LogP contribution in [-0.4, -0.2) is 24.2 Å². The van der Waals surface area contributed by atoms with Crippen molar-refractivity contribution in [2.24, 2.45) is 5.10 Å². The average molecular weight is 410 g/mol. The largest absolute Gasteiger partial charge is 0.416 e. The third kappa shape index (κ3) is 5.01. The Morgan fingerprint density at radius 1 is 1.10 bits per heavy atom. The zero-order valence-electron chi connectivity index (χ0n) is 15.2. The Hall–Kier alpha value is -3.17. The molecule has 1 aliphatic rings. The Bertz CT molecular complexity index is 925. The zero-order chi connectivity index (χ0) is 21.0. The first kappa shape index (κ1) is 20.6. The molecule has 3 rings (SSSR count). The number of benzene rings is 2. The maximum atomic E-state index is 14.4. The number of nitro benzene ring substituents is 1. The van der Waals surface area contributed by atoms with Crippen LogP contribution in [0.4, 0.5) is 34.6 Å².